The van der Waals surface area contributed by atoms with Crippen LogP contribution in [-0.2, 0) is 11.2 Å². The molecule has 0 saturated heterocycles. The fourth-order valence-corrected chi connectivity index (χ4v) is 5.12. The smallest absolute Gasteiger partial charge is 0.229 e. The maximum Gasteiger partial charge on any atom is 0.229 e. The lowest BCUT2D eigenvalue weighted by molar-refractivity contribution is -0.132. The zero-order valence-electron chi connectivity index (χ0n) is 17.5. The lowest BCUT2D eigenvalue weighted by atomic mass is 9.98. The van der Waals surface area contributed by atoms with Gasteiger partial charge in [0.1, 0.15) is 17.4 Å². The molecule has 2 aliphatic carbocycles. The van der Waals surface area contributed by atoms with Crippen LogP contribution in [0.4, 0.5) is 5.82 Å². The van der Waals surface area contributed by atoms with Crippen LogP contribution in [0.5, 0.6) is 0 Å². The summed E-state index contributed by atoms with van der Waals surface area (Å²) < 4.78 is 1.79. The highest BCUT2D eigenvalue weighted by molar-refractivity contribution is 5.88. The summed E-state index contributed by atoms with van der Waals surface area (Å²) in [6.45, 7) is 2.50. The standard InChI is InChI=1S/C22H26N6O3/c1-12-26-19(24-9-8-13-6-4-3-5-7-13)15-20(27-12)28(11-25-15)16-14-10-22(14,21(31)23-2)18(30)17(16)29/h3-7,11,14,16-18,29-30H,8-10H2,1-2H3,(H,23,31)(H,24,26,27). The number of imidazole rings is 1. The van der Waals surface area contributed by atoms with E-state index < -0.39 is 23.7 Å². The number of hydrogen-bond acceptors (Lipinski definition) is 7. The van der Waals surface area contributed by atoms with E-state index in [1.807, 2.05) is 25.1 Å². The van der Waals surface area contributed by atoms with Crippen LogP contribution in [-0.4, -0.2) is 61.4 Å². The molecule has 5 unspecified atom stereocenters. The molecule has 9 nitrogen and oxygen atoms in total. The molecule has 0 spiro atoms. The molecule has 1 aromatic carbocycles. The van der Waals surface area contributed by atoms with Crippen molar-refractivity contribution in [2.45, 2.75) is 38.0 Å². The second-order valence-corrected chi connectivity index (χ2v) is 8.46. The van der Waals surface area contributed by atoms with Crippen molar-refractivity contribution in [3.8, 4) is 0 Å². The molecule has 31 heavy (non-hydrogen) atoms. The summed E-state index contributed by atoms with van der Waals surface area (Å²) in [6, 6.07) is 9.72. The lowest BCUT2D eigenvalue weighted by Crippen LogP contribution is -2.41. The van der Waals surface area contributed by atoms with E-state index in [-0.39, 0.29) is 11.8 Å². The number of aliphatic hydroxyl groups is 2. The highest BCUT2D eigenvalue weighted by Gasteiger charge is 2.75. The molecule has 0 aliphatic heterocycles. The average Bonchev–Trinajstić information content (AvgIpc) is 3.31. The molecule has 2 fully saturated rings. The van der Waals surface area contributed by atoms with Crippen LogP contribution in [0.25, 0.3) is 11.2 Å². The summed E-state index contributed by atoms with van der Waals surface area (Å²) in [6.07, 6.45) is 0.808. The zero-order chi connectivity index (χ0) is 21.8. The second kappa shape index (κ2) is 7.28. The van der Waals surface area contributed by atoms with Crippen molar-refractivity contribution in [2.75, 3.05) is 18.9 Å². The maximum atomic E-state index is 12.4. The minimum Gasteiger partial charge on any atom is -0.389 e. The molecule has 2 aromatic heterocycles. The van der Waals surface area contributed by atoms with Gasteiger partial charge in [0.2, 0.25) is 5.91 Å². The Morgan fingerprint density at radius 1 is 1.26 bits per heavy atom. The Morgan fingerprint density at radius 3 is 2.77 bits per heavy atom. The van der Waals surface area contributed by atoms with Crippen molar-refractivity contribution in [2.24, 2.45) is 11.3 Å². The van der Waals surface area contributed by atoms with Crippen molar-refractivity contribution >= 4 is 22.9 Å². The van der Waals surface area contributed by atoms with Gasteiger partial charge in [0, 0.05) is 19.5 Å². The van der Waals surface area contributed by atoms with Crippen LogP contribution in [0.3, 0.4) is 0 Å². The Kier molecular flexibility index (Phi) is 4.67. The number of carbonyl (C=O) groups excluding carboxylic acids is 1. The number of carbonyl (C=O) groups is 1. The Morgan fingerprint density at radius 2 is 2.03 bits per heavy atom. The van der Waals surface area contributed by atoms with Crippen LogP contribution >= 0.6 is 0 Å². The third-order valence-corrected chi connectivity index (χ3v) is 6.73. The third kappa shape index (κ3) is 2.99. The Bertz CT molecular complexity index is 1130. The van der Waals surface area contributed by atoms with Crippen molar-refractivity contribution in [3.63, 3.8) is 0 Å². The summed E-state index contributed by atoms with van der Waals surface area (Å²) in [4.78, 5) is 26.0. The summed E-state index contributed by atoms with van der Waals surface area (Å²) >= 11 is 0. The molecule has 2 heterocycles. The van der Waals surface area contributed by atoms with Crippen LogP contribution in [0.1, 0.15) is 23.9 Å². The third-order valence-electron chi connectivity index (χ3n) is 6.73. The number of fused-ring (bicyclic) bond motifs is 2. The average molecular weight is 422 g/mol. The Balaban J connectivity index is 1.43. The first kappa shape index (κ1) is 19.9. The van der Waals surface area contributed by atoms with Gasteiger partial charge >= 0.3 is 0 Å². The SMILES string of the molecule is CNC(=O)C12CC1C(n1cnc3c(NCCc4ccccc4)nc(C)nc31)C(O)C2O. The molecule has 2 saturated carbocycles. The monoisotopic (exact) mass is 422 g/mol. The quantitative estimate of drug-likeness (QED) is 0.463. The van der Waals surface area contributed by atoms with E-state index in [0.717, 1.165) is 6.42 Å². The first-order chi connectivity index (χ1) is 15.0. The molecule has 4 N–H and O–H groups in total. The highest BCUT2D eigenvalue weighted by atomic mass is 16.3. The molecule has 5 rings (SSSR count). The van der Waals surface area contributed by atoms with E-state index in [0.29, 0.717) is 35.8 Å². The fraction of sp³-hybridized carbons (Fsp3) is 0.455. The summed E-state index contributed by atoms with van der Waals surface area (Å²) in [7, 11) is 1.55. The van der Waals surface area contributed by atoms with Gasteiger partial charge in [-0.1, -0.05) is 30.3 Å². The fourth-order valence-electron chi connectivity index (χ4n) is 5.12. The number of nitrogens with one attached hydrogen (secondary N) is 2. The van der Waals surface area contributed by atoms with E-state index in [9.17, 15) is 15.0 Å². The first-order valence-corrected chi connectivity index (χ1v) is 10.5. The van der Waals surface area contributed by atoms with E-state index >= 15 is 0 Å². The molecule has 9 heteroatoms. The van der Waals surface area contributed by atoms with Crippen molar-refractivity contribution in [1.82, 2.24) is 24.8 Å². The Labute approximate surface area is 179 Å². The summed E-state index contributed by atoms with van der Waals surface area (Å²) in [5, 5.41) is 27.4. The normalized spacial score (nSPS) is 29.0. The van der Waals surface area contributed by atoms with Crippen molar-refractivity contribution in [3.05, 3.63) is 48.0 Å². The van der Waals surface area contributed by atoms with E-state index in [1.54, 1.807) is 17.9 Å². The molecule has 0 radical (unpaired) electrons. The van der Waals surface area contributed by atoms with Gasteiger partial charge in [-0.2, -0.15) is 0 Å². The van der Waals surface area contributed by atoms with Gasteiger partial charge in [-0.3, -0.25) is 4.79 Å². The van der Waals surface area contributed by atoms with Crippen molar-refractivity contribution in [1.29, 1.82) is 0 Å². The number of amides is 1. The van der Waals surface area contributed by atoms with Gasteiger partial charge in [0.25, 0.3) is 0 Å². The van der Waals surface area contributed by atoms with Gasteiger partial charge in [-0.25, -0.2) is 15.0 Å². The topological polar surface area (TPSA) is 125 Å². The maximum absolute atomic E-state index is 12.4. The number of rotatable bonds is 6. The molecular weight excluding hydrogens is 396 g/mol. The van der Waals surface area contributed by atoms with Crippen LogP contribution in [0.15, 0.2) is 36.7 Å². The lowest BCUT2D eigenvalue weighted by Gasteiger charge is -2.23. The Hall–Kier alpha value is -3.04. The molecule has 3 aromatic rings. The van der Waals surface area contributed by atoms with E-state index in [1.165, 1.54) is 5.56 Å². The number of hydrogen-bond donors (Lipinski definition) is 4. The first-order valence-electron chi connectivity index (χ1n) is 10.5. The van der Waals surface area contributed by atoms with E-state index in [2.05, 4.69) is 37.7 Å². The van der Waals surface area contributed by atoms with E-state index in [4.69, 9.17) is 0 Å². The van der Waals surface area contributed by atoms with Crippen molar-refractivity contribution < 1.29 is 15.0 Å². The molecule has 0 bridgehead atoms. The van der Waals surface area contributed by atoms with Gasteiger partial charge in [0.15, 0.2) is 11.5 Å². The number of nitrogens with zero attached hydrogens (tertiary/aromatic N) is 4. The number of aryl methyl sites for hydroxylation is 1. The largest absolute Gasteiger partial charge is 0.389 e. The number of anilines is 1. The molecule has 162 valence electrons. The number of aliphatic hydroxyl groups excluding tert-OH is 2. The van der Waals surface area contributed by atoms with Crippen LogP contribution in [0.2, 0.25) is 0 Å². The van der Waals surface area contributed by atoms with Gasteiger partial charge in [-0.15, -0.1) is 0 Å². The molecule has 5 atom stereocenters. The summed E-state index contributed by atoms with van der Waals surface area (Å²) in [5.74, 6) is 0.820. The molecule has 2 aliphatic rings. The minimum absolute atomic E-state index is 0.167. The minimum atomic E-state index is -1.12. The van der Waals surface area contributed by atoms with Crippen LogP contribution < -0.4 is 10.6 Å². The number of aromatic nitrogens is 4. The zero-order valence-corrected chi connectivity index (χ0v) is 17.5. The van der Waals surface area contributed by atoms with Gasteiger partial charge in [-0.05, 0) is 25.3 Å². The second-order valence-electron chi connectivity index (χ2n) is 8.46. The van der Waals surface area contributed by atoms with Gasteiger partial charge < -0.3 is 25.4 Å². The number of benzene rings is 1. The van der Waals surface area contributed by atoms with Gasteiger partial charge in [0.05, 0.1) is 23.9 Å². The predicted molar refractivity (Wildman–Crippen MR) is 114 cm³/mol. The highest BCUT2D eigenvalue weighted by Crippen LogP contribution is 2.67. The molecule has 1 amide bonds. The summed E-state index contributed by atoms with van der Waals surface area (Å²) in [5.41, 5.74) is 1.49. The van der Waals surface area contributed by atoms with Crippen LogP contribution in [0, 0.1) is 18.3 Å². The molecular formula is C22H26N6O3. The predicted octanol–water partition coefficient (Wildman–Crippen LogP) is 0.818.